The Morgan fingerprint density at radius 2 is 1.96 bits per heavy atom. The number of rotatable bonds is 4. The fourth-order valence-corrected chi connectivity index (χ4v) is 2.60. The van der Waals surface area contributed by atoms with Crippen molar-refractivity contribution in [3.63, 3.8) is 0 Å². The van der Waals surface area contributed by atoms with Crippen LogP contribution in [0.3, 0.4) is 0 Å². The SMILES string of the molecule is O=C(N/N=C\c1cccn1-c1cccc(Br)c1)c1cccc(F)c1. The smallest absolute Gasteiger partial charge is 0.271 e. The molecule has 6 heteroatoms. The summed E-state index contributed by atoms with van der Waals surface area (Å²) < 4.78 is 16.0. The largest absolute Gasteiger partial charge is 0.316 e. The highest BCUT2D eigenvalue weighted by atomic mass is 79.9. The first-order valence-electron chi connectivity index (χ1n) is 7.16. The van der Waals surface area contributed by atoms with Crippen molar-refractivity contribution in [1.29, 1.82) is 0 Å². The van der Waals surface area contributed by atoms with Gasteiger partial charge in [-0.25, -0.2) is 9.82 Å². The van der Waals surface area contributed by atoms with Crippen LogP contribution in [0.25, 0.3) is 5.69 Å². The lowest BCUT2D eigenvalue weighted by Crippen LogP contribution is -2.18. The topological polar surface area (TPSA) is 46.4 Å². The molecule has 3 aromatic rings. The molecule has 1 N–H and O–H groups in total. The van der Waals surface area contributed by atoms with Gasteiger partial charge >= 0.3 is 0 Å². The summed E-state index contributed by atoms with van der Waals surface area (Å²) in [5, 5.41) is 3.95. The summed E-state index contributed by atoms with van der Waals surface area (Å²) in [6, 6.07) is 17.0. The minimum absolute atomic E-state index is 0.217. The van der Waals surface area contributed by atoms with Crippen LogP contribution in [0.15, 0.2) is 76.4 Å². The third-order valence-corrected chi connectivity index (χ3v) is 3.81. The minimum atomic E-state index is -0.466. The molecular formula is C18H13BrFN3O. The molecule has 0 saturated heterocycles. The highest BCUT2D eigenvalue weighted by molar-refractivity contribution is 9.10. The normalized spacial score (nSPS) is 10.9. The van der Waals surface area contributed by atoms with E-state index in [9.17, 15) is 9.18 Å². The quantitative estimate of drug-likeness (QED) is 0.532. The highest BCUT2D eigenvalue weighted by Gasteiger charge is 2.05. The molecular weight excluding hydrogens is 373 g/mol. The number of hydrazone groups is 1. The molecule has 0 saturated carbocycles. The molecule has 0 aliphatic carbocycles. The van der Waals surface area contributed by atoms with Crippen LogP contribution in [0.5, 0.6) is 0 Å². The van der Waals surface area contributed by atoms with Crippen LogP contribution < -0.4 is 5.43 Å². The molecule has 0 radical (unpaired) electrons. The second-order valence-electron chi connectivity index (χ2n) is 4.99. The van der Waals surface area contributed by atoms with Gasteiger partial charge in [-0.05, 0) is 48.5 Å². The number of carbonyl (C=O) groups is 1. The Labute approximate surface area is 146 Å². The molecule has 24 heavy (non-hydrogen) atoms. The fraction of sp³-hybridized carbons (Fsp3) is 0. The number of benzene rings is 2. The predicted molar refractivity (Wildman–Crippen MR) is 94.9 cm³/mol. The van der Waals surface area contributed by atoms with Crippen LogP contribution in [0.1, 0.15) is 16.1 Å². The molecule has 4 nitrogen and oxygen atoms in total. The third-order valence-electron chi connectivity index (χ3n) is 3.32. The maximum absolute atomic E-state index is 13.1. The van der Waals surface area contributed by atoms with E-state index in [1.165, 1.54) is 24.4 Å². The first-order chi connectivity index (χ1) is 11.6. The fourth-order valence-electron chi connectivity index (χ4n) is 2.21. The molecule has 1 amide bonds. The van der Waals surface area contributed by atoms with Crippen LogP contribution in [-0.4, -0.2) is 16.7 Å². The zero-order valence-corrected chi connectivity index (χ0v) is 14.1. The summed E-state index contributed by atoms with van der Waals surface area (Å²) in [5.74, 6) is -0.929. The van der Waals surface area contributed by atoms with E-state index in [2.05, 4.69) is 26.5 Å². The number of hydrogen-bond acceptors (Lipinski definition) is 2. The van der Waals surface area contributed by atoms with Crippen molar-refractivity contribution in [1.82, 2.24) is 9.99 Å². The molecule has 0 aliphatic rings. The number of carbonyl (C=O) groups excluding carboxylic acids is 1. The van der Waals surface area contributed by atoms with Gasteiger partial charge in [-0.15, -0.1) is 0 Å². The Balaban J connectivity index is 1.74. The van der Waals surface area contributed by atoms with Crippen molar-refractivity contribution in [3.05, 3.63) is 88.4 Å². The molecule has 0 atom stereocenters. The first kappa shape index (κ1) is 16.1. The van der Waals surface area contributed by atoms with E-state index in [0.29, 0.717) is 0 Å². The van der Waals surface area contributed by atoms with E-state index >= 15 is 0 Å². The standard InChI is InChI=1S/C18H13BrFN3O/c19-14-5-2-7-16(11-14)23-9-3-8-17(23)12-21-22-18(24)13-4-1-6-15(20)10-13/h1-12H,(H,22,24)/b21-12-. The lowest BCUT2D eigenvalue weighted by atomic mass is 10.2. The predicted octanol–water partition coefficient (Wildman–Crippen LogP) is 4.14. The second-order valence-corrected chi connectivity index (χ2v) is 5.91. The number of aromatic nitrogens is 1. The average Bonchev–Trinajstić information content (AvgIpc) is 3.03. The first-order valence-corrected chi connectivity index (χ1v) is 7.95. The van der Waals surface area contributed by atoms with Crippen molar-refractivity contribution in [3.8, 4) is 5.69 Å². The number of hydrogen-bond donors (Lipinski definition) is 1. The summed E-state index contributed by atoms with van der Waals surface area (Å²) in [7, 11) is 0. The molecule has 0 bridgehead atoms. The lowest BCUT2D eigenvalue weighted by Gasteiger charge is -2.06. The van der Waals surface area contributed by atoms with Crippen LogP contribution in [-0.2, 0) is 0 Å². The molecule has 0 spiro atoms. The van der Waals surface area contributed by atoms with E-state index in [-0.39, 0.29) is 5.56 Å². The Hall–Kier alpha value is -2.73. The Kier molecular flexibility index (Phi) is 4.86. The summed E-state index contributed by atoms with van der Waals surface area (Å²) >= 11 is 3.44. The average molecular weight is 386 g/mol. The van der Waals surface area contributed by atoms with E-state index in [0.717, 1.165) is 21.9 Å². The van der Waals surface area contributed by atoms with Gasteiger partial charge < -0.3 is 4.57 Å². The van der Waals surface area contributed by atoms with Gasteiger partial charge in [0, 0.05) is 21.9 Å². The van der Waals surface area contributed by atoms with Gasteiger partial charge in [0.05, 0.1) is 11.9 Å². The molecule has 0 fully saturated rings. The summed E-state index contributed by atoms with van der Waals surface area (Å²) in [5.41, 5.74) is 4.38. The van der Waals surface area contributed by atoms with Gasteiger partial charge in [-0.3, -0.25) is 4.79 Å². The van der Waals surface area contributed by atoms with Gasteiger partial charge in [0.15, 0.2) is 0 Å². The van der Waals surface area contributed by atoms with Crippen molar-refractivity contribution in [2.24, 2.45) is 5.10 Å². The van der Waals surface area contributed by atoms with Gasteiger partial charge in [0.2, 0.25) is 0 Å². The molecule has 120 valence electrons. The van der Waals surface area contributed by atoms with Crippen LogP contribution in [0, 0.1) is 5.82 Å². The molecule has 1 aromatic heterocycles. The van der Waals surface area contributed by atoms with Crippen LogP contribution in [0.2, 0.25) is 0 Å². The van der Waals surface area contributed by atoms with E-state index in [1.54, 1.807) is 0 Å². The molecule has 0 unspecified atom stereocenters. The van der Waals surface area contributed by atoms with Crippen molar-refractivity contribution in [2.75, 3.05) is 0 Å². The summed E-state index contributed by atoms with van der Waals surface area (Å²) in [4.78, 5) is 11.9. The third kappa shape index (κ3) is 3.78. The number of amides is 1. The molecule has 0 aliphatic heterocycles. The summed E-state index contributed by atoms with van der Waals surface area (Å²) in [6.45, 7) is 0. The van der Waals surface area contributed by atoms with Crippen molar-refractivity contribution >= 4 is 28.1 Å². The van der Waals surface area contributed by atoms with Gasteiger partial charge in [0.1, 0.15) is 5.82 Å². The maximum Gasteiger partial charge on any atom is 0.271 e. The number of halogens is 2. The van der Waals surface area contributed by atoms with Gasteiger partial charge in [0.25, 0.3) is 5.91 Å². The maximum atomic E-state index is 13.1. The number of nitrogens with one attached hydrogen (secondary N) is 1. The minimum Gasteiger partial charge on any atom is -0.316 e. The lowest BCUT2D eigenvalue weighted by molar-refractivity contribution is 0.0954. The Morgan fingerprint density at radius 1 is 1.12 bits per heavy atom. The monoisotopic (exact) mass is 385 g/mol. The molecule has 2 aromatic carbocycles. The highest BCUT2D eigenvalue weighted by Crippen LogP contribution is 2.17. The van der Waals surface area contributed by atoms with Gasteiger partial charge in [-0.2, -0.15) is 5.10 Å². The zero-order chi connectivity index (χ0) is 16.9. The number of nitrogens with zero attached hydrogens (tertiary/aromatic N) is 2. The van der Waals surface area contributed by atoms with E-state index in [4.69, 9.17) is 0 Å². The second kappa shape index (κ2) is 7.23. The molecule has 1 heterocycles. The van der Waals surface area contributed by atoms with Crippen molar-refractivity contribution in [2.45, 2.75) is 0 Å². The summed E-state index contributed by atoms with van der Waals surface area (Å²) in [6.07, 6.45) is 3.44. The zero-order valence-electron chi connectivity index (χ0n) is 12.5. The Morgan fingerprint density at radius 3 is 2.75 bits per heavy atom. The Bertz CT molecular complexity index is 905. The van der Waals surface area contributed by atoms with Crippen molar-refractivity contribution < 1.29 is 9.18 Å². The van der Waals surface area contributed by atoms with E-state index < -0.39 is 11.7 Å². The molecule has 3 rings (SSSR count). The van der Waals surface area contributed by atoms with Crippen LogP contribution in [0.4, 0.5) is 4.39 Å². The van der Waals surface area contributed by atoms with Gasteiger partial charge in [-0.1, -0.05) is 28.1 Å². The van der Waals surface area contributed by atoms with Crippen LogP contribution >= 0.6 is 15.9 Å². The van der Waals surface area contributed by atoms with E-state index in [1.807, 2.05) is 47.2 Å².